The number of aliphatic hydroxyl groups excluding tert-OH is 1. The summed E-state index contributed by atoms with van der Waals surface area (Å²) >= 11 is 0. The second-order valence-corrected chi connectivity index (χ2v) is 5.02. The zero-order valence-corrected chi connectivity index (χ0v) is 10.5. The highest BCUT2D eigenvalue weighted by Crippen LogP contribution is 2.28. The van der Waals surface area contributed by atoms with Crippen LogP contribution in [-0.4, -0.2) is 32.4 Å². The van der Waals surface area contributed by atoms with Gasteiger partial charge in [-0.25, -0.2) is 9.50 Å². The number of fused-ring (bicyclic) bond motifs is 1. The molecule has 2 atom stereocenters. The van der Waals surface area contributed by atoms with Gasteiger partial charge in [-0.05, 0) is 25.8 Å². The van der Waals surface area contributed by atoms with Crippen molar-refractivity contribution in [2.24, 2.45) is 5.92 Å². The number of aryl methyl sites for hydroxylation is 1. The van der Waals surface area contributed by atoms with E-state index < -0.39 is 0 Å². The average Bonchev–Trinajstić information content (AvgIpc) is 2.94. The van der Waals surface area contributed by atoms with E-state index in [9.17, 15) is 5.11 Å². The van der Waals surface area contributed by atoms with Gasteiger partial charge in [0.2, 0.25) is 0 Å². The molecule has 3 rings (SSSR count). The minimum absolute atomic E-state index is 0.249. The molecule has 5 nitrogen and oxygen atoms in total. The number of rotatable bonds is 3. The first-order valence-corrected chi connectivity index (χ1v) is 6.46. The van der Waals surface area contributed by atoms with Crippen LogP contribution in [0.15, 0.2) is 18.5 Å². The molecule has 1 saturated carbocycles. The molecule has 1 fully saturated rings. The second-order valence-electron chi connectivity index (χ2n) is 5.02. The van der Waals surface area contributed by atoms with Crippen molar-refractivity contribution in [3.63, 3.8) is 0 Å². The summed E-state index contributed by atoms with van der Waals surface area (Å²) in [5, 5.41) is 17.2. The maximum Gasteiger partial charge on any atom is 0.152 e. The van der Waals surface area contributed by atoms with Gasteiger partial charge >= 0.3 is 0 Å². The predicted octanol–water partition coefficient (Wildman–Crippen LogP) is 1.61. The molecule has 0 saturated heterocycles. The molecule has 0 bridgehead atoms. The number of aliphatic hydroxyl groups is 1. The number of nitrogens with one attached hydrogen (secondary N) is 1. The summed E-state index contributed by atoms with van der Waals surface area (Å²) in [6, 6.07) is 2.35. The highest BCUT2D eigenvalue weighted by atomic mass is 16.3. The highest BCUT2D eigenvalue weighted by Gasteiger charge is 2.27. The smallest absolute Gasteiger partial charge is 0.152 e. The van der Waals surface area contributed by atoms with Gasteiger partial charge in [0.15, 0.2) is 5.82 Å². The summed E-state index contributed by atoms with van der Waals surface area (Å²) < 4.78 is 1.84. The molecule has 0 spiro atoms. The molecule has 0 radical (unpaired) electrons. The van der Waals surface area contributed by atoms with Gasteiger partial charge in [-0.1, -0.05) is 6.42 Å². The predicted molar refractivity (Wildman–Crippen MR) is 69.6 cm³/mol. The van der Waals surface area contributed by atoms with Gasteiger partial charge in [0, 0.05) is 31.0 Å². The van der Waals surface area contributed by atoms with Crippen LogP contribution in [0.5, 0.6) is 0 Å². The molecule has 2 N–H and O–H groups in total. The molecule has 2 unspecified atom stereocenters. The molecule has 0 aliphatic heterocycles. The number of nitrogens with zero attached hydrogens (tertiary/aromatic N) is 3. The van der Waals surface area contributed by atoms with Gasteiger partial charge in [-0.3, -0.25) is 0 Å². The Labute approximate surface area is 106 Å². The Morgan fingerprint density at radius 2 is 2.39 bits per heavy atom. The molecule has 0 aromatic carbocycles. The Morgan fingerprint density at radius 3 is 3.22 bits per heavy atom. The summed E-state index contributed by atoms with van der Waals surface area (Å²) in [5.41, 5.74) is 1.98. The second kappa shape index (κ2) is 4.57. The Kier molecular flexibility index (Phi) is 2.91. The zero-order chi connectivity index (χ0) is 12.5. The maximum atomic E-state index is 9.35. The molecule has 5 heteroatoms. The lowest BCUT2D eigenvalue weighted by Gasteiger charge is -2.19. The zero-order valence-electron chi connectivity index (χ0n) is 10.5. The monoisotopic (exact) mass is 246 g/mol. The minimum Gasteiger partial charge on any atom is -0.396 e. The van der Waals surface area contributed by atoms with Gasteiger partial charge < -0.3 is 10.4 Å². The lowest BCUT2D eigenvalue weighted by Crippen LogP contribution is -2.27. The summed E-state index contributed by atoms with van der Waals surface area (Å²) in [6.07, 6.45) is 6.97. The van der Waals surface area contributed by atoms with Crippen LogP contribution in [0.3, 0.4) is 0 Å². The third-order valence-corrected chi connectivity index (χ3v) is 3.73. The van der Waals surface area contributed by atoms with E-state index in [2.05, 4.69) is 15.4 Å². The van der Waals surface area contributed by atoms with Crippen molar-refractivity contribution in [2.75, 3.05) is 11.9 Å². The van der Waals surface area contributed by atoms with Crippen molar-refractivity contribution in [1.82, 2.24) is 14.6 Å². The molecule has 96 valence electrons. The molecule has 1 aliphatic rings. The molecule has 2 heterocycles. The average molecular weight is 246 g/mol. The van der Waals surface area contributed by atoms with Gasteiger partial charge in [-0.15, -0.1) is 0 Å². The van der Waals surface area contributed by atoms with Gasteiger partial charge in [0.25, 0.3) is 0 Å². The minimum atomic E-state index is 0.249. The van der Waals surface area contributed by atoms with Crippen LogP contribution in [0.25, 0.3) is 5.52 Å². The van der Waals surface area contributed by atoms with E-state index in [1.807, 2.05) is 23.7 Å². The maximum absolute atomic E-state index is 9.35. The third kappa shape index (κ3) is 1.95. The summed E-state index contributed by atoms with van der Waals surface area (Å²) in [7, 11) is 0. The largest absolute Gasteiger partial charge is 0.396 e. The van der Waals surface area contributed by atoms with E-state index in [-0.39, 0.29) is 6.61 Å². The van der Waals surface area contributed by atoms with E-state index in [0.717, 1.165) is 29.9 Å². The van der Waals surface area contributed by atoms with Crippen LogP contribution in [0, 0.1) is 12.8 Å². The van der Waals surface area contributed by atoms with Crippen LogP contribution < -0.4 is 5.32 Å². The van der Waals surface area contributed by atoms with Crippen LogP contribution in [0.1, 0.15) is 25.0 Å². The van der Waals surface area contributed by atoms with Crippen molar-refractivity contribution in [3.05, 3.63) is 24.2 Å². The molecule has 1 aliphatic carbocycles. The Hall–Kier alpha value is -1.62. The van der Waals surface area contributed by atoms with Crippen molar-refractivity contribution >= 4 is 11.3 Å². The standard InChI is InChI=1S/C13H18N4O/c1-9-7-12-13(14-5-6-17(12)16-9)15-11-4-2-3-10(11)8-18/h5-7,10-11,18H,2-4,8H2,1H3,(H,14,15). The Morgan fingerprint density at radius 1 is 1.50 bits per heavy atom. The van der Waals surface area contributed by atoms with E-state index in [1.165, 1.54) is 6.42 Å². The summed E-state index contributed by atoms with van der Waals surface area (Å²) in [6.45, 7) is 2.22. The van der Waals surface area contributed by atoms with Gasteiger partial charge in [0.1, 0.15) is 5.52 Å². The number of anilines is 1. The number of hydrogen-bond acceptors (Lipinski definition) is 4. The topological polar surface area (TPSA) is 62.5 Å². The summed E-state index contributed by atoms with van der Waals surface area (Å²) in [5.74, 6) is 1.21. The van der Waals surface area contributed by atoms with E-state index in [0.29, 0.717) is 12.0 Å². The first kappa shape index (κ1) is 11.5. The Bertz CT molecular complexity index is 551. The first-order chi connectivity index (χ1) is 8.78. The molecule has 2 aromatic heterocycles. The van der Waals surface area contributed by atoms with Gasteiger partial charge in [-0.2, -0.15) is 5.10 Å². The quantitative estimate of drug-likeness (QED) is 0.863. The van der Waals surface area contributed by atoms with Crippen molar-refractivity contribution in [3.8, 4) is 0 Å². The molecule has 2 aromatic rings. The van der Waals surface area contributed by atoms with Crippen molar-refractivity contribution in [2.45, 2.75) is 32.2 Å². The highest BCUT2D eigenvalue weighted by molar-refractivity contribution is 5.68. The number of aromatic nitrogens is 3. The molecule has 18 heavy (non-hydrogen) atoms. The van der Waals surface area contributed by atoms with Crippen molar-refractivity contribution in [1.29, 1.82) is 0 Å². The molecular weight excluding hydrogens is 228 g/mol. The fourth-order valence-electron chi connectivity index (χ4n) is 2.78. The van der Waals surface area contributed by atoms with E-state index in [1.54, 1.807) is 6.20 Å². The van der Waals surface area contributed by atoms with Gasteiger partial charge in [0.05, 0.1) is 5.69 Å². The normalized spacial score (nSPS) is 23.7. The molecular formula is C13H18N4O. The van der Waals surface area contributed by atoms with Crippen LogP contribution in [-0.2, 0) is 0 Å². The van der Waals surface area contributed by atoms with E-state index in [4.69, 9.17) is 0 Å². The fraction of sp³-hybridized carbons (Fsp3) is 0.538. The lowest BCUT2D eigenvalue weighted by atomic mass is 10.1. The SMILES string of the molecule is Cc1cc2c(NC3CCCC3CO)nccn2n1. The fourth-order valence-corrected chi connectivity index (χ4v) is 2.78. The van der Waals surface area contributed by atoms with E-state index >= 15 is 0 Å². The summed E-state index contributed by atoms with van der Waals surface area (Å²) in [4.78, 5) is 4.40. The van der Waals surface area contributed by atoms with Crippen molar-refractivity contribution < 1.29 is 5.11 Å². The third-order valence-electron chi connectivity index (χ3n) is 3.73. The van der Waals surface area contributed by atoms with Crippen LogP contribution >= 0.6 is 0 Å². The van der Waals surface area contributed by atoms with Crippen LogP contribution in [0.2, 0.25) is 0 Å². The Balaban J connectivity index is 1.90. The first-order valence-electron chi connectivity index (χ1n) is 6.46. The lowest BCUT2D eigenvalue weighted by molar-refractivity contribution is 0.222. The number of hydrogen-bond donors (Lipinski definition) is 2. The molecule has 0 amide bonds. The van der Waals surface area contributed by atoms with Crippen LogP contribution in [0.4, 0.5) is 5.82 Å².